The fraction of sp³-hybridized carbons (Fsp3) is 0.923. The van der Waals surface area contributed by atoms with Crippen LogP contribution >= 0.6 is 0 Å². The standard InChI is InChI=1S/C13H23NO2/c1-9-6-7-14(8-10(9)2)12-5-3-4-11(12)13(15)16/h9-12H,3-8H2,1-2H3,(H,15,16). The van der Waals surface area contributed by atoms with Crippen LogP contribution in [0.4, 0.5) is 0 Å². The number of hydrogen-bond acceptors (Lipinski definition) is 2. The van der Waals surface area contributed by atoms with Crippen LogP contribution in [0.5, 0.6) is 0 Å². The minimum absolute atomic E-state index is 0.111. The molecule has 3 nitrogen and oxygen atoms in total. The number of piperidine rings is 1. The molecule has 92 valence electrons. The zero-order valence-corrected chi connectivity index (χ0v) is 10.4. The molecule has 2 aliphatic rings. The van der Waals surface area contributed by atoms with Gasteiger partial charge in [0.2, 0.25) is 0 Å². The van der Waals surface area contributed by atoms with Crippen molar-refractivity contribution in [3.63, 3.8) is 0 Å². The van der Waals surface area contributed by atoms with Crippen molar-refractivity contribution in [2.45, 2.75) is 45.6 Å². The summed E-state index contributed by atoms with van der Waals surface area (Å²) in [7, 11) is 0. The second-order valence-electron chi connectivity index (χ2n) is 5.68. The smallest absolute Gasteiger partial charge is 0.308 e. The number of carboxylic acids is 1. The molecule has 16 heavy (non-hydrogen) atoms. The van der Waals surface area contributed by atoms with Crippen LogP contribution in [0.25, 0.3) is 0 Å². The normalized spacial score (nSPS) is 41.1. The van der Waals surface area contributed by atoms with Crippen LogP contribution in [0.1, 0.15) is 39.5 Å². The molecule has 4 atom stereocenters. The van der Waals surface area contributed by atoms with E-state index in [1.54, 1.807) is 0 Å². The minimum atomic E-state index is -0.589. The van der Waals surface area contributed by atoms with Crippen LogP contribution in [0.15, 0.2) is 0 Å². The number of nitrogens with zero attached hydrogens (tertiary/aromatic N) is 1. The SMILES string of the molecule is CC1CCN(C2CCCC2C(=O)O)CC1C. The van der Waals surface area contributed by atoms with Gasteiger partial charge in [-0.1, -0.05) is 20.3 Å². The van der Waals surface area contributed by atoms with Gasteiger partial charge in [0.1, 0.15) is 0 Å². The highest BCUT2D eigenvalue weighted by Crippen LogP contribution is 2.34. The Kier molecular flexibility index (Phi) is 3.53. The van der Waals surface area contributed by atoms with Gasteiger partial charge < -0.3 is 5.11 Å². The Morgan fingerprint density at radius 2 is 1.94 bits per heavy atom. The van der Waals surface area contributed by atoms with Gasteiger partial charge in [-0.2, -0.15) is 0 Å². The highest BCUT2D eigenvalue weighted by Gasteiger charge is 2.38. The molecule has 1 N–H and O–H groups in total. The maximum absolute atomic E-state index is 11.2. The average molecular weight is 225 g/mol. The van der Waals surface area contributed by atoms with Crippen molar-refractivity contribution in [3.05, 3.63) is 0 Å². The molecule has 1 aliphatic carbocycles. The van der Waals surface area contributed by atoms with E-state index in [0.717, 1.165) is 38.3 Å². The quantitative estimate of drug-likeness (QED) is 0.783. The summed E-state index contributed by atoms with van der Waals surface area (Å²) in [6, 6.07) is 0.312. The molecule has 1 saturated carbocycles. The first-order valence-electron chi connectivity index (χ1n) is 6.56. The average Bonchev–Trinajstić information content (AvgIpc) is 2.71. The highest BCUT2D eigenvalue weighted by atomic mass is 16.4. The van der Waals surface area contributed by atoms with Crippen molar-refractivity contribution in [2.75, 3.05) is 13.1 Å². The Balaban J connectivity index is 1.99. The van der Waals surface area contributed by atoms with E-state index in [4.69, 9.17) is 0 Å². The molecule has 1 aliphatic heterocycles. The zero-order valence-electron chi connectivity index (χ0n) is 10.4. The molecule has 0 aromatic heterocycles. The molecule has 3 heteroatoms. The molecule has 0 bridgehead atoms. The fourth-order valence-electron chi connectivity index (χ4n) is 3.26. The molecule has 1 saturated heterocycles. The van der Waals surface area contributed by atoms with E-state index in [-0.39, 0.29) is 5.92 Å². The number of likely N-dealkylation sites (tertiary alicyclic amines) is 1. The van der Waals surface area contributed by atoms with Crippen LogP contribution in [0, 0.1) is 17.8 Å². The molecule has 2 rings (SSSR count). The number of carboxylic acid groups (broad SMARTS) is 1. The second kappa shape index (κ2) is 4.74. The van der Waals surface area contributed by atoms with Crippen molar-refractivity contribution in [3.8, 4) is 0 Å². The van der Waals surface area contributed by atoms with E-state index < -0.39 is 5.97 Å². The Morgan fingerprint density at radius 1 is 1.19 bits per heavy atom. The van der Waals surface area contributed by atoms with E-state index >= 15 is 0 Å². The Bertz CT molecular complexity index is 267. The lowest BCUT2D eigenvalue weighted by Crippen LogP contribution is -2.47. The van der Waals surface area contributed by atoms with E-state index in [0.29, 0.717) is 12.0 Å². The summed E-state index contributed by atoms with van der Waals surface area (Å²) in [5.41, 5.74) is 0. The van der Waals surface area contributed by atoms with Gasteiger partial charge in [-0.25, -0.2) is 0 Å². The number of hydrogen-bond donors (Lipinski definition) is 1. The molecule has 2 fully saturated rings. The zero-order chi connectivity index (χ0) is 11.7. The predicted molar refractivity (Wildman–Crippen MR) is 63.3 cm³/mol. The van der Waals surface area contributed by atoms with Gasteiger partial charge in [-0.15, -0.1) is 0 Å². The summed E-state index contributed by atoms with van der Waals surface area (Å²) < 4.78 is 0. The van der Waals surface area contributed by atoms with Crippen LogP contribution in [-0.2, 0) is 4.79 Å². The van der Waals surface area contributed by atoms with Crippen LogP contribution in [0.2, 0.25) is 0 Å². The number of aliphatic carboxylic acids is 1. The summed E-state index contributed by atoms with van der Waals surface area (Å²) in [4.78, 5) is 13.6. The minimum Gasteiger partial charge on any atom is -0.481 e. The molecule has 0 radical (unpaired) electrons. The van der Waals surface area contributed by atoms with Crippen LogP contribution in [-0.4, -0.2) is 35.1 Å². The Morgan fingerprint density at radius 3 is 2.56 bits per heavy atom. The maximum Gasteiger partial charge on any atom is 0.308 e. The predicted octanol–water partition coefficient (Wildman–Crippen LogP) is 2.22. The second-order valence-corrected chi connectivity index (χ2v) is 5.68. The first-order chi connectivity index (χ1) is 7.59. The molecule has 0 spiro atoms. The summed E-state index contributed by atoms with van der Waals surface area (Å²) in [5.74, 6) is 0.805. The van der Waals surface area contributed by atoms with Gasteiger partial charge in [0, 0.05) is 12.6 Å². The lowest BCUT2D eigenvalue weighted by atomic mass is 9.87. The highest BCUT2D eigenvalue weighted by molar-refractivity contribution is 5.71. The monoisotopic (exact) mass is 225 g/mol. The summed E-state index contributed by atoms with van der Waals surface area (Å²) >= 11 is 0. The molecular weight excluding hydrogens is 202 g/mol. The number of rotatable bonds is 2. The molecule has 0 aromatic rings. The largest absolute Gasteiger partial charge is 0.481 e. The third-order valence-electron chi connectivity index (χ3n) is 4.63. The van der Waals surface area contributed by atoms with Gasteiger partial charge in [-0.3, -0.25) is 9.69 Å². The van der Waals surface area contributed by atoms with Gasteiger partial charge in [0.15, 0.2) is 0 Å². The molecular formula is C13H23NO2. The third kappa shape index (κ3) is 2.24. The molecule has 0 amide bonds. The van der Waals surface area contributed by atoms with Crippen molar-refractivity contribution >= 4 is 5.97 Å². The first kappa shape index (κ1) is 11.9. The van der Waals surface area contributed by atoms with Crippen molar-refractivity contribution < 1.29 is 9.90 Å². The van der Waals surface area contributed by atoms with E-state index in [9.17, 15) is 9.90 Å². The fourth-order valence-corrected chi connectivity index (χ4v) is 3.26. The third-order valence-corrected chi connectivity index (χ3v) is 4.63. The van der Waals surface area contributed by atoms with Gasteiger partial charge in [0.05, 0.1) is 5.92 Å². The summed E-state index contributed by atoms with van der Waals surface area (Å²) in [6.07, 6.45) is 4.27. The summed E-state index contributed by atoms with van der Waals surface area (Å²) in [5, 5.41) is 9.21. The first-order valence-corrected chi connectivity index (χ1v) is 6.56. The lowest BCUT2D eigenvalue weighted by molar-refractivity contribution is -0.143. The maximum atomic E-state index is 11.2. The van der Waals surface area contributed by atoms with E-state index in [2.05, 4.69) is 18.7 Å². The van der Waals surface area contributed by atoms with Gasteiger partial charge in [0.25, 0.3) is 0 Å². The van der Waals surface area contributed by atoms with Gasteiger partial charge >= 0.3 is 5.97 Å². The number of carbonyl (C=O) groups is 1. The molecule has 1 heterocycles. The molecule has 4 unspecified atom stereocenters. The van der Waals surface area contributed by atoms with Crippen LogP contribution in [0.3, 0.4) is 0 Å². The Hall–Kier alpha value is -0.570. The van der Waals surface area contributed by atoms with E-state index in [1.165, 1.54) is 6.42 Å². The lowest BCUT2D eigenvalue weighted by Gasteiger charge is -2.40. The topological polar surface area (TPSA) is 40.5 Å². The van der Waals surface area contributed by atoms with Gasteiger partial charge in [-0.05, 0) is 37.6 Å². The van der Waals surface area contributed by atoms with Crippen molar-refractivity contribution in [2.24, 2.45) is 17.8 Å². The summed E-state index contributed by atoms with van der Waals surface area (Å²) in [6.45, 7) is 6.79. The van der Waals surface area contributed by atoms with Crippen molar-refractivity contribution in [1.82, 2.24) is 4.90 Å². The van der Waals surface area contributed by atoms with Crippen LogP contribution < -0.4 is 0 Å². The molecule has 0 aromatic carbocycles. The Labute approximate surface area is 97.8 Å². The van der Waals surface area contributed by atoms with Crippen molar-refractivity contribution in [1.29, 1.82) is 0 Å². The van der Waals surface area contributed by atoms with E-state index in [1.807, 2.05) is 0 Å².